The van der Waals surface area contributed by atoms with Gasteiger partial charge in [0, 0.05) is 26.7 Å². The van der Waals surface area contributed by atoms with Crippen molar-refractivity contribution in [2.45, 2.75) is 69.5 Å². The molecule has 2 heterocycles. The molecule has 1 aliphatic heterocycles. The third-order valence-electron chi connectivity index (χ3n) is 5.35. The lowest BCUT2D eigenvalue weighted by Gasteiger charge is -2.34. The smallest absolute Gasteiger partial charge is 0.356 e. The minimum atomic E-state index is -4.33. The van der Waals surface area contributed by atoms with Crippen LogP contribution in [0.1, 0.15) is 45.3 Å². The predicted molar refractivity (Wildman–Crippen MR) is 102 cm³/mol. The Kier molecular flexibility index (Phi) is 6.96. The van der Waals surface area contributed by atoms with Crippen molar-refractivity contribution in [1.29, 1.82) is 0 Å². The van der Waals surface area contributed by atoms with Crippen LogP contribution >= 0.6 is 7.60 Å². The van der Waals surface area contributed by atoms with Crippen molar-refractivity contribution in [3.63, 3.8) is 0 Å². The molecule has 166 valence electrons. The molecule has 0 aromatic carbocycles. The standard InChI is InChI=1S/C17H29N2O9P/c1-6-17(3,28-29(25,26)9(2)20)7-11-12(21)13(22)14(27-11)10-8-18(4)16(24)19(5)15(10)23/h8-9,11-14,20-22H,6-7H2,1-5H3,(H,25,26)/t9?,11-,12-,13-,14+,17?/m1/s1. The Balaban J connectivity index is 2.31. The summed E-state index contributed by atoms with van der Waals surface area (Å²) < 4.78 is 25.1. The van der Waals surface area contributed by atoms with E-state index in [4.69, 9.17) is 9.26 Å². The van der Waals surface area contributed by atoms with Gasteiger partial charge in [0.2, 0.25) is 0 Å². The lowest BCUT2D eigenvalue weighted by atomic mass is 9.92. The van der Waals surface area contributed by atoms with Gasteiger partial charge in [-0.25, -0.2) is 4.79 Å². The first-order valence-corrected chi connectivity index (χ1v) is 10.9. The molecule has 1 fully saturated rings. The van der Waals surface area contributed by atoms with Gasteiger partial charge in [-0.2, -0.15) is 0 Å². The highest BCUT2D eigenvalue weighted by Gasteiger charge is 2.48. The zero-order valence-electron chi connectivity index (χ0n) is 17.1. The number of aromatic nitrogens is 2. The zero-order valence-corrected chi connectivity index (χ0v) is 17.9. The number of aryl methyl sites for hydroxylation is 1. The summed E-state index contributed by atoms with van der Waals surface area (Å²) in [5.41, 5.74) is -2.46. The Labute approximate surface area is 167 Å². The van der Waals surface area contributed by atoms with Crippen LogP contribution < -0.4 is 11.2 Å². The van der Waals surface area contributed by atoms with Gasteiger partial charge in [-0.15, -0.1) is 0 Å². The molecular weight excluding hydrogens is 407 g/mol. The van der Waals surface area contributed by atoms with E-state index in [1.807, 2.05) is 0 Å². The molecule has 11 nitrogen and oxygen atoms in total. The third kappa shape index (κ3) is 4.72. The number of ether oxygens (including phenoxy) is 1. The maximum absolute atomic E-state index is 12.4. The average Bonchev–Trinajstić information content (AvgIpc) is 2.90. The van der Waals surface area contributed by atoms with Crippen LogP contribution in [0.25, 0.3) is 0 Å². The topological polar surface area (TPSA) is 160 Å². The van der Waals surface area contributed by atoms with E-state index in [-0.39, 0.29) is 18.4 Å². The second kappa shape index (κ2) is 8.43. The molecule has 12 heteroatoms. The molecule has 0 saturated carbocycles. The minimum Gasteiger partial charge on any atom is -0.388 e. The van der Waals surface area contributed by atoms with Crippen LogP contribution in [0.5, 0.6) is 0 Å². The molecule has 7 atom stereocenters. The number of rotatable bonds is 7. The van der Waals surface area contributed by atoms with Crippen molar-refractivity contribution in [1.82, 2.24) is 9.13 Å². The third-order valence-corrected chi connectivity index (χ3v) is 6.99. The van der Waals surface area contributed by atoms with Gasteiger partial charge in [-0.3, -0.25) is 13.9 Å². The van der Waals surface area contributed by atoms with Crippen molar-refractivity contribution >= 4 is 7.60 Å². The molecule has 2 rings (SSSR count). The van der Waals surface area contributed by atoms with Crippen LogP contribution in [-0.4, -0.2) is 59.1 Å². The van der Waals surface area contributed by atoms with E-state index in [1.54, 1.807) is 6.92 Å². The van der Waals surface area contributed by atoms with E-state index in [0.29, 0.717) is 0 Å². The fourth-order valence-electron chi connectivity index (χ4n) is 3.27. The molecule has 0 aliphatic carbocycles. The van der Waals surface area contributed by atoms with E-state index in [2.05, 4.69) is 0 Å². The Morgan fingerprint density at radius 2 is 1.90 bits per heavy atom. The fraction of sp³-hybridized carbons (Fsp3) is 0.765. The highest BCUT2D eigenvalue weighted by Crippen LogP contribution is 2.52. The van der Waals surface area contributed by atoms with Gasteiger partial charge in [0.05, 0.1) is 17.3 Å². The van der Waals surface area contributed by atoms with Gasteiger partial charge in [0.25, 0.3) is 5.56 Å². The highest BCUT2D eigenvalue weighted by molar-refractivity contribution is 7.53. The van der Waals surface area contributed by atoms with Crippen molar-refractivity contribution in [2.24, 2.45) is 14.1 Å². The second-order valence-corrected chi connectivity index (χ2v) is 9.77. The number of aliphatic hydroxyl groups excluding tert-OH is 3. The Morgan fingerprint density at radius 3 is 2.41 bits per heavy atom. The molecule has 4 N–H and O–H groups in total. The van der Waals surface area contributed by atoms with Gasteiger partial charge in [0.1, 0.15) is 18.3 Å². The van der Waals surface area contributed by atoms with Crippen LogP contribution in [-0.2, 0) is 27.9 Å². The molecule has 0 radical (unpaired) electrons. The quantitative estimate of drug-likeness (QED) is 0.407. The van der Waals surface area contributed by atoms with Gasteiger partial charge in [-0.1, -0.05) is 6.92 Å². The molecule has 0 spiro atoms. The summed E-state index contributed by atoms with van der Waals surface area (Å²) in [6.45, 7) is 4.35. The molecule has 1 saturated heterocycles. The summed E-state index contributed by atoms with van der Waals surface area (Å²) in [6.07, 6.45) is -3.65. The molecular formula is C17H29N2O9P. The summed E-state index contributed by atoms with van der Waals surface area (Å²) in [5.74, 6) is -1.60. The van der Waals surface area contributed by atoms with Crippen molar-refractivity contribution in [2.75, 3.05) is 0 Å². The molecule has 1 aromatic heterocycles. The second-order valence-electron chi connectivity index (χ2n) is 7.71. The molecule has 0 amide bonds. The van der Waals surface area contributed by atoms with Crippen LogP contribution in [0.15, 0.2) is 15.8 Å². The Bertz CT molecular complexity index is 911. The number of aliphatic hydroxyl groups is 3. The first-order valence-electron chi connectivity index (χ1n) is 9.23. The van der Waals surface area contributed by atoms with E-state index in [0.717, 1.165) is 16.1 Å². The van der Waals surface area contributed by atoms with Crippen molar-refractivity contribution in [3.8, 4) is 0 Å². The lowest BCUT2D eigenvalue weighted by molar-refractivity contribution is -0.0494. The predicted octanol–water partition coefficient (Wildman–Crippen LogP) is -0.655. The van der Waals surface area contributed by atoms with Gasteiger partial charge < -0.3 is 34.0 Å². The fourth-order valence-corrected chi connectivity index (χ4v) is 4.26. The summed E-state index contributed by atoms with van der Waals surface area (Å²) in [7, 11) is -1.60. The highest BCUT2D eigenvalue weighted by atomic mass is 31.2. The maximum atomic E-state index is 12.4. The largest absolute Gasteiger partial charge is 0.388 e. The first-order chi connectivity index (χ1) is 13.2. The monoisotopic (exact) mass is 436 g/mol. The Morgan fingerprint density at radius 1 is 1.31 bits per heavy atom. The normalized spacial score (nSPS) is 30.0. The van der Waals surface area contributed by atoms with E-state index >= 15 is 0 Å². The average molecular weight is 436 g/mol. The van der Waals surface area contributed by atoms with Crippen molar-refractivity contribution in [3.05, 3.63) is 32.6 Å². The zero-order chi connectivity index (χ0) is 22.3. The lowest BCUT2D eigenvalue weighted by Crippen LogP contribution is -2.40. The number of hydrogen-bond donors (Lipinski definition) is 4. The molecule has 0 bridgehead atoms. The van der Waals surface area contributed by atoms with Crippen LogP contribution in [0.4, 0.5) is 0 Å². The summed E-state index contributed by atoms with van der Waals surface area (Å²) in [5, 5.41) is 30.4. The van der Waals surface area contributed by atoms with Crippen molar-refractivity contribution < 1.29 is 34.0 Å². The van der Waals surface area contributed by atoms with Crippen LogP contribution in [0.3, 0.4) is 0 Å². The van der Waals surface area contributed by atoms with Crippen LogP contribution in [0, 0.1) is 0 Å². The molecule has 1 aliphatic rings. The minimum absolute atomic E-state index is 0.000389. The first kappa shape index (κ1) is 23.9. The Hall–Kier alpha value is -1.33. The number of nitrogens with zero attached hydrogens (tertiary/aromatic N) is 2. The number of hydrogen-bond acceptors (Lipinski definition) is 8. The summed E-state index contributed by atoms with van der Waals surface area (Å²) >= 11 is 0. The molecule has 29 heavy (non-hydrogen) atoms. The van der Waals surface area contributed by atoms with E-state index in [1.165, 1.54) is 27.2 Å². The van der Waals surface area contributed by atoms with Gasteiger partial charge >= 0.3 is 13.3 Å². The van der Waals surface area contributed by atoms with E-state index < -0.39 is 54.7 Å². The molecule has 1 aromatic rings. The van der Waals surface area contributed by atoms with E-state index in [9.17, 15) is 34.4 Å². The van der Waals surface area contributed by atoms with Gasteiger partial charge in [-0.05, 0) is 20.3 Å². The van der Waals surface area contributed by atoms with Crippen LogP contribution in [0.2, 0.25) is 0 Å². The summed E-state index contributed by atoms with van der Waals surface area (Å²) in [6, 6.07) is 0. The summed E-state index contributed by atoms with van der Waals surface area (Å²) in [4.78, 5) is 34.2. The molecule has 3 unspecified atom stereocenters. The maximum Gasteiger partial charge on any atom is 0.356 e. The SMILES string of the molecule is CCC(C)(C[C@H]1O[C@@H](c2cn(C)c(=O)n(C)c2=O)[C@H](O)[C@@H]1O)OP(=O)(O)C(C)O. The van der Waals surface area contributed by atoms with Gasteiger partial charge in [0.15, 0.2) is 5.85 Å².